The van der Waals surface area contributed by atoms with E-state index in [4.69, 9.17) is 0 Å². The Morgan fingerprint density at radius 2 is 1.50 bits per heavy atom. The minimum atomic E-state index is -1.02. The van der Waals surface area contributed by atoms with Crippen LogP contribution in [0.2, 0.25) is 18.6 Å². The van der Waals surface area contributed by atoms with Crippen molar-refractivity contribution in [3.05, 3.63) is 22.3 Å². The molecule has 1 fully saturated rings. The number of nitrogens with one attached hydrogen (secondary N) is 1. The molecule has 0 aromatic rings. The fourth-order valence-corrected chi connectivity index (χ4v) is 8.98. The average molecular weight is 437 g/mol. The molecule has 1 amide bonds. The van der Waals surface area contributed by atoms with Gasteiger partial charge in [-0.1, -0.05) is 0 Å². The summed E-state index contributed by atoms with van der Waals surface area (Å²) in [6.07, 6.45) is 12.8. The van der Waals surface area contributed by atoms with Gasteiger partial charge in [0.25, 0.3) is 0 Å². The van der Waals surface area contributed by atoms with Crippen molar-refractivity contribution in [1.82, 2.24) is 3.80 Å². The first kappa shape index (κ1) is 24.2. The quantitative estimate of drug-likeness (QED) is 0.495. The minimum absolute atomic E-state index is 0.295. The first-order valence-corrected chi connectivity index (χ1v) is 15.4. The second-order valence-corrected chi connectivity index (χ2v) is 13.4. The van der Waals surface area contributed by atoms with Crippen molar-refractivity contribution < 1.29 is 25.5 Å². The van der Waals surface area contributed by atoms with Crippen molar-refractivity contribution in [2.24, 2.45) is 11.3 Å². The van der Waals surface area contributed by atoms with E-state index in [2.05, 4.69) is 44.6 Å². The zero-order valence-electron chi connectivity index (χ0n) is 19.2. The van der Waals surface area contributed by atoms with Crippen LogP contribution in [0, 0.1) is 11.3 Å². The molecule has 0 bridgehead atoms. The van der Waals surface area contributed by atoms with Gasteiger partial charge >= 0.3 is 188 Å². The summed E-state index contributed by atoms with van der Waals surface area (Å²) in [6, 6.07) is 0. The summed E-state index contributed by atoms with van der Waals surface area (Å²) in [7, 11) is -1.02. The summed E-state index contributed by atoms with van der Waals surface area (Å²) < 4.78 is 3.15. The molecule has 0 heterocycles. The van der Waals surface area contributed by atoms with Crippen LogP contribution < -0.4 is 3.80 Å². The Balaban J connectivity index is 2.60. The zero-order chi connectivity index (χ0) is 20.9. The molecule has 2 aliphatic carbocycles. The molecule has 1 N–H and O–H groups in total. The maximum absolute atomic E-state index is 13.8. The number of amides is 1. The second kappa shape index (κ2) is 10.8. The monoisotopic (exact) mass is 436 g/mol. The Labute approximate surface area is 187 Å². The predicted octanol–water partition coefficient (Wildman–Crippen LogP) is 6.62. The van der Waals surface area contributed by atoms with Crippen LogP contribution in [0.4, 0.5) is 0 Å². The van der Waals surface area contributed by atoms with E-state index in [1.54, 1.807) is 0 Å². The Hall–Kier alpha value is -0.119. The van der Waals surface area contributed by atoms with Crippen molar-refractivity contribution in [3.63, 3.8) is 0 Å². The first-order valence-electron chi connectivity index (χ1n) is 11.6. The van der Waals surface area contributed by atoms with Gasteiger partial charge in [-0.25, -0.2) is 0 Å². The molecule has 0 spiro atoms. The van der Waals surface area contributed by atoms with Crippen molar-refractivity contribution in [2.75, 3.05) is 0 Å². The number of hydrogen-bond donors (Lipinski definition) is 1. The van der Waals surface area contributed by atoms with E-state index < -0.39 is 8.80 Å². The van der Waals surface area contributed by atoms with Crippen LogP contribution in [0.5, 0.6) is 0 Å². The van der Waals surface area contributed by atoms with E-state index in [0.717, 1.165) is 6.42 Å². The number of hydrogen-bond acceptors (Lipinski definition) is 1. The molecule has 0 radical (unpaired) electrons. The molecule has 2 aliphatic rings. The molecule has 0 aromatic heterocycles. The van der Waals surface area contributed by atoms with Crippen LogP contribution in [-0.4, -0.2) is 14.7 Å². The van der Waals surface area contributed by atoms with Crippen LogP contribution >= 0.6 is 0 Å². The summed E-state index contributed by atoms with van der Waals surface area (Å²) in [5, 5.41) is 0. The number of carbonyl (C=O) groups is 1. The van der Waals surface area contributed by atoms with Gasteiger partial charge in [-0.2, -0.15) is 0 Å². The molecule has 157 valence electrons. The third-order valence-electron chi connectivity index (χ3n) is 7.91. The summed E-state index contributed by atoms with van der Waals surface area (Å²) >= 11 is 1.86. The normalized spacial score (nSPS) is 30.9. The van der Waals surface area contributed by atoms with Gasteiger partial charge in [0.1, 0.15) is 0 Å². The van der Waals surface area contributed by atoms with E-state index in [1.165, 1.54) is 80.1 Å². The fourth-order valence-electron chi connectivity index (χ4n) is 6.10. The molecule has 0 aliphatic heterocycles. The van der Waals surface area contributed by atoms with Gasteiger partial charge in [0.15, 0.2) is 0 Å². The van der Waals surface area contributed by atoms with Crippen molar-refractivity contribution >= 4 is 14.7 Å². The van der Waals surface area contributed by atoms with Crippen LogP contribution in [0.1, 0.15) is 91.9 Å². The molecule has 2 nitrogen and oxygen atoms in total. The molecule has 2 rings (SSSR count). The number of carbonyl (C=O) groups excluding carboxylic acids is 1. The van der Waals surface area contributed by atoms with E-state index in [9.17, 15) is 4.79 Å². The summed E-state index contributed by atoms with van der Waals surface area (Å²) in [4.78, 5) is 13.8. The molecule has 3 unspecified atom stereocenters. The van der Waals surface area contributed by atoms with E-state index in [1.807, 2.05) is 20.7 Å². The second-order valence-electron chi connectivity index (χ2n) is 9.71. The van der Waals surface area contributed by atoms with Crippen LogP contribution in [0.3, 0.4) is 0 Å². The Kier molecular flexibility index (Phi) is 9.29. The molecular formula is C24H42NOSiTi. The van der Waals surface area contributed by atoms with Gasteiger partial charge in [0, 0.05) is 0 Å². The summed E-state index contributed by atoms with van der Waals surface area (Å²) in [5.74, 6) is 0.708. The maximum atomic E-state index is 13.8. The van der Waals surface area contributed by atoms with Crippen LogP contribution in [-0.2, 0) is 25.5 Å². The Bertz CT molecular complexity index is 624. The average Bonchev–Trinajstić information content (AvgIpc) is 2.85. The topological polar surface area (TPSA) is 29.1 Å². The first-order chi connectivity index (χ1) is 13.3. The Morgan fingerprint density at radius 1 is 0.964 bits per heavy atom. The van der Waals surface area contributed by atoms with Crippen LogP contribution in [0.15, 0.2) is 22.3 Å². The van der Waals surface area contributed by atoms with Crippen molar-refractivity contribution in [2.45, 2.75) is 111 Å². The van der Waals surface area contributed by atoms with Crippen LogP contribution in [0.25, 0.3) is 0 Å². The number of allylic oxidation sites excluding steroid dienone is 3. The molecule has 28 heavy (non-hydrogen) atoms. The predicted molar refractivity (Wildman–Crippen MR) is 120 cm³/mol. The van der Waals surface area contributed by atoms with Gasteiger partial charge in [-0.05, 0) is 0 Å². The number of rotatable bonds is 3. The molecular weight excluding hydrogens is 394 g/mol. The third-order valence-corrected chi connectivity index (χ3v) is 10.8. The molecule has 4 heteroatoms. The Morgan fingerprint density at radius 3 is 1.96 bits per heavy atom. The van der Waals surface area contributed by atoms with Gasteiger partial charge in [0.2, 0.25) is 0 Å². The zero-order valence-corrected chi connectivity index (χ0v) is 21.9. The molecule has 0 aromatic carbocycles. The molecule has 1 saturated carbocycles. The van der Waals surface area contributed by atoms with Crippen molar-refractivity contribution in [3.8, 4) is 0 Å². The van der Waals surface area contributed by atoms with E-state index in [0.29, 0.717) is 17.4 Å². The van der Waals surface area contributed by atoms with Gasteiger partial charge in [-0.3, -0.25) is 0 Å². The standard InChI is InChI=1S/C24H43NOSi.Ti/c1-17-18(2)20(4)22(19(17)3)24(23(25)26)16-14-12-10-8-7-9-11-13-15-21(24)27(5)6;/h19,21,27H,7-16H2,1-6H3,(H2,25,26);/q;+1/p-1. The fraction of sp³-hybridized carbons (Fsp3) is 0.792. The van der Waals surface area contributed by atoms with E-state index in [-0.39, 0.29) is 5.41 Å². The van der Waals surface area contributed by atoms with E-state index >= 15 is 0 Å². The molecule has 3 atom stereocenters. The van der Waals surface area contributed by atoms with Gasteiger partial charge in [-0.15, -0.1) is 0 Å². The third kappa shape index (κ3) is 4.78. The van der Waals surface area contributed by atoms with Gasteiger partial charge < -0.3 is 0 Å². The van der Waals surface area contributed by atoms with Gasteiger partial charge in [0.05, 0.1) is 0 Å². The van der Waals surface area contributed by atoms with Crippen molar-refractivity contribution in [1.29, 1.82) is 0 Å². The molecule has 0 saturated heterocycles. The summed E-state index contributed by atoms with van der Waals surface area (Å²) in [6.45, 7) is 14.2. The SMILES string of the molecule is CC1=C(C)C(C)C(C2(C(=O)[NH][Ti])CCCCCCCCCCC2[SiH](C)C)=C1C. The summed E-state index contributed by atoms with van der Waals surface area (Å²) in [5.41, 5.74) is 6.06.